The predicted octanol–water partition coefficient (Wildman–Crippen LogP) is 2.96. The number of rotatable bonds is 4. The van der Waals surface area contributed by atoms with E-state index in [9.17, 15) is 4.79 Å². The fourth-order valence-corrected chi connectivity index (χ4v) is 2.85. The maximum atomic E-state index is 11.9. The van der Waals surface area contributed by atoms with Crippen molar-refractivity contribution in [3.63, 3.8) is 0 Å². The van der Waals surface area contributed by atoms with Crippen LogP contribution in [0.5, 0.6) is 0 Å². The van der Waals surface area contributed by atoms with E-state index in [1.165, 1.54) is 0 Å². The molecule has 0 aliphatic heterocycles. The molecule has 2 N–H and O–H groups in total. The largest absolute Gasteiger partial charge is 0.291 e. The van der Waals surface area contributed by atoms with Crippen LogP contribution in [0.4, 0.5) is 0 Å². The smallest absolute Gasteiger partial charge is 0.276 e. The molecule has 0 saturated carbocycles. The Hall–Kier alpha value is -2.25. The molecule has 0 aliphatic carbocycles. The van der Waals surface area contributed by atoms with Crippen LogP contribution in [0.25, 0.3) is 10.6 Å². The Balaban J connectivity index is 1.66. The molecule has 0 atom stereocenters. The first kappa shape index (κ1) is 12.8. The molecule has 3 aromatic rings. The number of nitrogens with one attached hydrogen (secondary N) is 2. The second-order valence-corrected chi connectivity index (χ2v) is 5.79. The van der Waals surface area contributed by atoms with Crippen molar-refractivity contribution < 1.29 is 4.79 Å². The molecule has 0 unspecified atom stereocenters. The second-order valence-electron chi connectivity index (χ2n) is 3.86. The summed E-state index contributed by atoms with van der Waals surface area (Å²) in [4.78, 5) is 13.9. The highest BCUT2D eigenvalue weighted by Crippen LogP contribution is 2.22. The van der Waals surface area contributed by atoms with Crippen LogP contribution in [0.15, 0.2) is 46.2 Å². The first-order valence-corrected chi connectivity index (χ1v) is 7.55. The molecule has 5 nitrogen and oxygen atoms in total. The summed E-state index contributed by atoms with van der Waals surface area (Å²) < 4.78 is 0. The van der Waals surface area contributed by atoms with E-state index < -0.39 is 0 Å². The van der Waals surface area contributed by atoms with Crippen LogP contribution >= 0.6 is 22.7 Å². The number of hydrazone groups is 1. The summed E-state index contributed by atoms with van der Waals surface area (Å²) in [5, 5.41) is 14.6. The van der Waals surface area contributed by atoms with E-state index in [4.69, 9.17) is 0 Å². The number of aromatic nitrogens is 2. The molecule has 0 aliphatic rings. The zero-order chi connectivity index (χ0) is 13.8. The summed E-state index contributed by atoms with van der Waals surface area (Å²) in [6, 6.07) is 9.47. The summed E-state index contributed by atoms with van der Waals surface area (Å²) in [5.41, 5.74) is 3.60. The van der Waals surface area contributed by atoms with Crippen LogP contribution in [-0.4, -0.2) is 22.3 Å². The van der Waals surface area contributed by atoms with Gasteiger partial charge in [-0.1, -0.05) is 12.1 Å². The third-order valence-electron chi connectivity index (χ3n) is 2.50. The number of amides is 1. The summed E-state index contributed by atoms with van der Waals surface area (Å²) in [5.74, 6) is -0.336. The van der Waals surface area contributed by atoms with Gasteiger partial charge in [0.25, 0.3) is 5.91 Å². The molecule has 0 radical (unpaired) electrons. The van der Waals surface area contributed by atoms with Crippen LogP contribution in [-0.2, 0) is 0 Å². The normalized spacial score (nSPS) is 11.0. The lowest BCUT2D eigenvalue weighted by atomic mass is 10.3. The van der Waals surface area contributed by atoms with Gasteiger partial charge in [-0.2, -0.15) is 10.2 Å². The van der Waals surface area contributed by atoms with E-state index in [1.54, 1.807) is 35.0 Å². The number of carbonyl (C=O) groups excluding carboxylic acids is 1. The minimum absolute atomic E-state index is 0.316. The van der Waals surface area contributed by atoms with Crippen LogP contribution in [0, 0.1) is 0 Å². The van der Waals surface area contributed by atoms with Gasteiger partial charge in [0.05, 0.1) is 16.8 Å². The highest BCUT2D eigenvalue weighted by atomic mass is 32.1. The minimum atomic E-state index is -0.336. The van der Waals surface area contributed by atoms with Gasteiger partial charge >= 0.3 is 0 Å². The van der Waals surface area contributed by atoms with Crippen LogP contribution < -0.4 is 5.43 Å². The summed E-state index contributed by atoms with van der Waals surface area (Å²) in [7, 11) is 0. The van der Waals surface area contributed by atoms with Gasteiger partial charge in [0, 0.05) is 4.88 Å². The average molecular weight is 302 g/mol. The fraction of sp³-hybridized carbons (Fsp3) is 0. The van der Waals surface area contributed by atoms with Crippen molar-refractivity contribution in [1.29, 1.82) is 0 Å². The molecule has 0 bridgehead atoms. The Morgan fingerprint density at radius 3 is 2.90 bits per heavy atom. The molecular weight excluding hydrogens is 292 g/mol. The molecule has 100 valence electrons. The van der Waals surface area contributed by atoms with Crippen molar-refractivity contribution in [3.05, 3.63) is 51.7 Å². The van der Waals surface area contributed by atoms with E-state index in [0.29, 0.717) is 5.69 Å². The van der Waals surface area contributed by atoms with Gasteiger partial charge in [-0.3, -0.25) is 9.89 Å². The van der Waals surface area contributed by atoms with Crippen molar-refractivity contribution in [3.8, 4) is 10.6 Å². The van der Waals surface area contributed by atoms with E-state index in [1.807, 2.05) is 35.0 Å². The molecule has 3 heterocycles. The van der Waals surface area contributed by atoms with Gasteiger partial charge < -0.3 is 0 Å². The first-order chi connectivity index (χ1) is 9.83. The van der Waals surface area contributed by atoms with E-state index in [-0.39, 0.29) is 5.91 Å². The van der Waals surface area contributed by atoms with Crippen LogP contribution in [0.1, 0.15) is 15.4 Å². The van der Waals surface area contributed by atoms with Crippen molar-refractivity contribution in [2.75, 3.05) is 0 Å². The third kappa shape index (κ3) is 2.84. The second kappa shape index (κ2) is 5.81. The SMILES string of the molecule is O=C(NN=Cc1cccs1)c1cc(-c2cccs2)[nH]n1. The van der Waals surface area contributed by atoms with Gasteiger partial charge in [-0.25, -0.2) is 5.43 Å². The Labute approximate surface area is 123 Å². The summed E-state index contributed by atoms with van der Waals surface area (Å²) in [6.45, 7) is 0. The molecule has 20 heavy (non-hydrogen) atoms. The van der Waals surface area contributed by atoms with E-state index in [0.717, 1.165) is 15.4 Å². The van der Waals surface area contributed by atoms with Crippen LogP contribution in [0.3, 0.4) is 0 Å². The zero-order valence-electron chi connectivity index (χ0n) is 10.2. The lowest BCUT2D eigenvalue weighted by molar-refractivity contribution is 0.0950. The van der Waals surface area contributed by atoms with E-state index >= 15 is 0 Å². The van der Waals surface area contributed by atoms with Crippen LogP contribution in [0.2, 0.25) is 0 Å². The van der Waals surface area contributed by atoms with Crippen molar-refractivity contribution in [2.45, 2.75) is 0 Å². The van der Waals surface area contributed by atoms with Gasteiger partial charge in [-0.05, 0) is 29.0 Å². The minimum Gasteiger partial charge on any atom is -0.276 e. The molecule has 7 heteroatoms. The molecule has 3 rings (SSSR count). The zero-order valence-corrected chi connectivity index (χ0v) is 11.9. The fourth-order valence-electron chi connectivity index (χ4n) is 1.57. The number of aromatic amines is 1. The van der Waals surface area contributed by atoms with Gasteiger partial charge in [0.1, 0.15) is 0 Å². The standard InChI is InChI=1S/C13H10N4OS2/c18-13(17-14-8-9-3-1-5-19-9)11-7-10(15-16-11)12-4-2-6-20-12/h1-8H,(H,15,16)(H,17,18). The van der Waals surface area contributed by atoms with E-state index in [2.05, 4.69) is 20.7 Å². The molecular formula is C13H10N4OS2. The molecule has 0 saturated heterocycles. The Bertz CT molecular complexity index is 713. The third-order valence-corrected chi connectivity index (χ3v) is 4.21. The Morgan fingerprint density at radius 2 is 2.15 bits per heavy atom. The molecule has 0 fully saturated rings. The number of carbonyl (C=O) groups is 1. The number of nitrogens with zero attached hydrogens (tertiary/aromatic N) is 2. The predicted molar refractivity (Wildman–Crippen MR) is 81.3 cm³/mol. The van der Waals surface area contributed by atoms with Gasteiger partial charge in [0.15, 0.2) is 5.69 Å². The van der Waals surface area contributed by atoms with Gasteiger partial charge in [0.2, 0.25) is 0 Å². The lowest BCUT2D eigenvalue weighted by Gasteiger charge is -1.93. The van der Waals surface area contributed by atoms with Crippen molar-refractivity contribution in [2.24, 2.45) is 5.10 Å². The summed E-state index contributed by atoms with van der Waals surface area (Å²) in [6.07, 6.45) is 1.61. The molecule has 3 aromatic heterocycles. The number of thiophene rings is 2. The highest BCUT2D eigenvalue weighted by Gasteiger charge is 2.10. The lowest BCUT2D eigenvalue weighted by Crippen LogP contribution is -2.17. The maximum absolute atomic E-state index is 11.9. The topological polar surface area (TPSA) is 70.1 Å². The quantitative estimate of drug-likeness (QED) is 0.574. The Kier molecular flexibility index (Phi) is 3.71. The molecule has 0 spiro atoms. The highest BCUT2D eigenvalue weighted by molar-refractivity contribution is 7.13. The number of hydrogen-bond acceptors (Lipinski definition) is 5. The number of hydrogen-bond donors (Lipinski definition) is 2. The average Bonchev–Trinajstić information content (AvgIpc) is 3.20. The maximum Gasteiger partial charge on any atom is 0.291 e. The van der Waals surface area contributed by atoms with Gasteiger partial charge in [-0.15, -0.1) is 22.7 Å². The number of H-pyrrole nitrogens is 1. The Morgan fingerprint density at radius 1 is 1.30 bits per heavy atom. The van der Waals surface area contributed by atoms with Crippen molar-refractivity contribution in [1.82, 2.24) is 15.6 Å². The monoisotopic (exact) mass is 302 g/mol. The summed E-state index contributed by atoms with van der Waals surface area (Å²) >= 11 is 3.14. The first-order valence-electron chi connectivity index (χ1n) is 5.79. The molecule has 0 aromatic carbocycles. The molecule has 1 amide bonds. The van der Waals surface area contributed by atoms with Crippen molar-refractivity contribution >= 4 is 34.8 Å².